The van der Waals surface area contributed by atoms with Gasteiger partial charge in [-0.05, 0) is 0 Å². The zero-order valence-corrected chi connectivity index (χ0v) is 16.0. The van der Waals surface area contributed by atoms with Gasteiger partial charge in [-0.3, -0.25) is 0 Å². The maximum absolute atomic E-state index is 6.10. The van der Waals surface area contributed by atoms with E-state index in [0.29, 0.717) is 0 Å². The zero-order chi connectivity index (χ0) is 13.8. The summed E-state index contributed by atoms with van der Waals surface area (Å²) in [6.45, 7) is 0. The Bertz CT molecular complexity index is 569. The molecule has 98 valence electrons. The van der Waals surface area contributed by atoms with E-state index in [1.807, 2.05) is 54.6 Å². The SMILES string of the molecule is [K+].[S-]C(c1ccccc1)(c1ccccc1)c1ccccc1. The molecular weight excluding hydrogens is 299 g/mol. The Morgan fingerprint density at radius 3 is 0.952 bits per heavy atom. The molecule has 0 amide bonds. The third-order valence-electron chi connectivity index (χ3n) is 3.54. The van der Waals surface area contributed by atoms with Gasteiger partial charge in [-0.1, -0.05) is 112 Å². The molecule has 0 saturated carbocycles. The number of hydrogen-bond acceptors (Lipinski definition) is 1. The van der Waals surface area contributed by atoms with Crippen molar-refractivity contribution in [1.29, 1.82) is 0 Å². The predicted octanol–water partition coefficient (Wildman–Crippen LogP) is 1.53. The van der Waals surface area contributed by atoms with Gasteiger partial charge in [0, 0.05) is 0 Å². The largest absolute Gasteiger partial charge is 1.00 e. The molecule has 0 aliphatic carbocycles. The second-order valence-corrected chi connectivity index (χ2v) is 5.39. The minimum absolute atomic E-state index is 0. The average molecular weight is 314 g/mol. The number of benzene rings is 3. The first kappa shape index (κ1) is 17.0. The minimum Gasteiger partial charge on any atom is -0.772 e. The van der Waals surface area contributed by atoms with Crippen LogP contribution in [0, 0.1) is 0 Å². The maximum atomic E-state index is 6.10. The monoisotopic (exact) mass is 314 g/mol. The Kier molecular flexibility index (Phi) is 6.29. The predicted molar refractivity (Wildman–Crippen MR) is 86.6 cm³/mol. The van der Waals surface area contributed by atoms with Crippen molar-refractivity contribution < 1.29 is 51.4 Å². The van der Waals surface area contributed by atoms with E-state index in [0.717, 1.165) is 16.7 Å². The molecule has 0 aliphatic heterocycles. The van der Waals surface area contributed by atoms with Crippen LogP contribution in [0.4, 0.5) is 0 Å². The van der Waals surface area contributed by atoms with Gasteiger partial charge in [-0.25, -0.2) is 0 Å². The van der Waals surface area contributed by atoms with Crippen molar-refractivity contribution in [3.63, 3.8) is 0 Å². The first-order valence-corrected chi connectivity index (χ1v) is 7.09. The molecule has 0 heterocycles. The molecule has 0 saturated heterocycles. The van der Waals surface area contributed by atoms with Gasteiger partial charge in [0.25, 0.3) is 0 Å². The Morgan fingerprint density at radius 1 is 0.476 bits per heavy atom. The Hall–Kier alpha value is -0.354. The fourth-order valence-electron chi connectivity index (χ4n) is 2.52. The van der Waals surface area contributed by atoms with E-state index in [1.54, 1.807) is 0 Å². The van der Waals surface area contributed by atoms with Gasteiger partial charge in [-0.2, -0.15) is 0 Å². The van der Waals surface area contributed by atoms with Crippen LogP contribution in [0.25, 0.3) is 0 Å². The molecule has 0 radical (unpaired) electrons. The molecule has 0 fully saturated rings. The quantitative estimate of drug-likeness (QED) is 0.401. The number of rotatable bonds is 3. The van der Waals surface area contributed by atoms with Crippen molar-refractivity contribution in [1.82, 2.24) is 0 Å². The molecule has 0 spiro atoms. The van der Waals surface area contributed by atoms with Gasteiger partial charge in [0.1, 0.15) is 0 Å². The van der Waals surface area contributed by atoms with Gasteiger partial charge < -0.3 is 12.6 Å². The van der Waals surface area contributed by atoms with Crippen LogP contribution >= 0.6 is 0 Å². The molecule has 0 nitrogen and oxygen atoms in total. The van der Waals surface area contributed by atoms with Crippen LogP contribution in [-0.2, 0) is 17.4 Å². The van der Waals surface area contributed by atoms with Gasteiger partial charge >= 0.3 is 51.4 Å². The molecule has 3 aromatic rings. The maximum Gasteiger partial charge on any atom is 1.00 e. The molecule has 3 rings (SSSR count). The smallest absolute Gasteiger partial charge is 0.772 e. The molecule has 0 bridgehead atoms. The van der Waals surface area contributed by atoms with E-state index >= 15 is 0 Å². The van der Waals surface area contributed by atoms with Crippen molar-refractivity contribution >= 4 is 12.6 Å². The van der Waals surface area contributed by atoms with Crippen molar-refractivity contribution in [2.75, 3.05) is 0 Å². The van der Waals surface area contributed by atoms with Crippen molar-refractivity contribution in [3.8, 4) is 0 Å². The summed E-state index contributed by atoms with van der Waals surface area (Å²) in [6.07, 6.45) is 0. The summed E-state index contributed by atoms with van der Waals surface area (Å²) in [5, 5.41) is 0. The normalized spacial score (nSPS) is 10.7. The van der Waals surface area contributed by atoms with Crippen LogP contribution in [0.15, 0.2) is 91.0 Å². The zero-order valence-electron chi connectivity index (χ0n) is 12.1. The summed E-state index contributed by atoms with van der Waals surface area (Å²) in [6, 6.07) is 31.0. The van der Waals surface area contributed by atoms with Crippen LogP contribution in [-0.4, -0.2) is 0 Å². The summed E-state index contributed by atoms with van der Waals surface area (Å²) in [4.78, 5) is 0. The van der Waals surface area contributed by atoms with Crippen molar-refractivity contribution in [2.45, 2.75) is 4.75 Å². The molecule has 2 heteroatoms. The van der Waals surface area contributed by atoms with Gasteiger partial charge in [0.05, 0.1) is 0 Å². The van der Waals surface area contributed by atoms with Gasteiger partial charge in [0.2, 0.25) is 0 Å². The van der Waals surface area contributed by atoms with E-state index in [-0.39, 0.29) is 51.4 Å². The summed E-state index contributed by atoms with van der Waals surface area (Å²) in [7, 11) is 0. The Labute approximate surface area is 174 Å². The molecule has 0 aliphatic rings. The Morgan fingerprint density at radius 2 is 0.714 bits per heavy atom. The van der Waals surface area contributed by atoms with Gasteiger partial charge in [0.15, 0.2) is 0 Å². The van der Waals surface area contributed by atoms with Crippen LogP contribution in [0.3, 0.4) is 0 Å². The third kappa shape index (κ3) is 3.53. The Balaban J connectivity index is 0.00000161. The summed E-state index contributed by atoms with van der Waals surface area (Å²) in [5.41, 5.74) is 3.40. The van der Waals surface area contributed by atoms with Gasteiger partial charge in [-0.15, -0.1) is 0 Å². The molecule has 3 aromatic carbocycles. The van der Waals surface area contributed by atoms with Crippen molar-refractivity contribution in [3.05, 3.63) is 108 Å². The summed E-state index contributed by atoms with van der Waals surface area (Å²) < 4.78 is -0.538. The topological polar surface area (TPSA) is 0 Å². The van der Waals surface area contributed by atoms with E-state index in [9.17, 15) is 0 Å². The van der Waals surface area contributed by atoms with Crippen LogP contribution in [0.1, 0.15) is 16.7 Å². The average Bonchev–Trinajstić information content (AvgIpc) is 2.56. The molecule has 0 unspecified atom stereocenters. The van der Waals surface area contributed by atoms with E-state index in [2.05, 4.69) is 36.4 Å². The second-order valence-electron chi connectivity index (χ2n) is 4.78. The summed E-state index contributed by atoms with van der Waals surface area (Å²) >= 11 is 6.10. The molecule has 21 heavy (non-hydrogen) atoms. The number of hydrogen-bond donors (Lipinski definition) is 0. The van der Waals surface area contributed by atoms with E-state index in [4.69, 9.17) is 12.6 Å². The molecular formula is C19H15KS. The first-order valence-electron chi connectivity index (χ1n) is 6.69. The first-order chi connectivity index (χ1) is 9.82. The fourth-order valence-corrected chi connectivity index (χ4v) is 2.93. The van der Waals surface area contributed by atoms with E-state index in [1.165, 1.54) is 0 Å². The van der Waals surface area contributed by atoms with Crippen molar-refractivity contribution in [2.24, 2.45) is 0 Å². The summed E-state index contributed by atoms with van der Waals surface area (Å²) in [5.74, 6) is 0. The van der Waals surface area contributed by atoms with Crippen LogP contribution in [0.5, 0.6) is 0 Å². The van der Waals surface area contributed by atoms with E-state index < -0.39 is 4.75 Å². The minimum atomic E-state index is -0.538. The standard InChI is InChI=1S/C19H16S.K/c20-19(16-10-4-1-5-11-16,17-12-6-2-7-13-17)18-14-8-3-9-15-18;/h1-15,20H;/q;+1/p-1. The molecule has 0 aromatic heterocycles. The fraction of sp³-hybridized carbons (Fsp3) is 0.0526. The molecule has 0 atom stereocenters. The third-order valence-corrected chi connectivity index (χ3v) is 4.25. The van der Waals surface area contributed by atoms with Crippen LogP contribution < -0.4 is 51.4 Å². The molecule has 0 N–H and O–H groups in total. The van der Waals surface area contributed by atoms with Crippen LogP contribution in [0.2, 0.25) is 0 Å². The second kappa shape index (κ2) is 7.77.